The van der Waals surface area contributed by atoms with E-state index in [9.17, 15) is 0 Å². The van der Waals surface area contributed by atoms with Crippen LogP contribution in [0.2, 0.25) is 0 Å². The molecule has 2 heterocycles. The van der Waals surface area contributed by atoms with E-state index in [0.29, 0.717) is 0 Å². The number of pyridine rings is 1. The van der Waals surface area contributed by atoms with Gasteiger partial charge in [-0.2, -0.15) is 0 Å². The fraction of sp³-hybridized carbons (Fsp3) is 0.0444. The first-order chi connectivity index (χ1) is 23.8. The molecule has 1 aliphatic rings. The molecule has 0 saturated heterocycles. The summed E-state index contributed by atoms with van der Waals surface area (Å²) >= 11 is 0. The average Bonchev–Trinajstić information content (AvgIpc) is 3.17. The van der Waals surface area contributed by atoms with Gasteiger partial charge in [-0.05, 0) is 109 Å². The van der Waals surface area contributed by atoms with E-state index in [4.69, 9.17) is 9.97 Å². The average molecular weight is 614 g/mol. The molecule has 0 fully saturated rings. The highest BCUT2D eigenvalue weighted by Gasteiger charge is 2.17. The summed E-state index contributed by atoms with van der Waals surface area (Å²) in [7, 11) is 0. The normalized spacial score (nSPS) is 13.1. The molecule has 0 aliphatic heterocycles. The molecule has 6 aromatic carbocycles. The number of nitrogens with zero attached hydrogens (tertiary/aromatic N) is 3. The highest BCUT2D eigenvalue weighted by Crippen LogP contribution is 2.37. The maximum Gasteiger partial charge on any atom is 0.161 e. The Hall–Kier alpha value is -6.19. The second kappa shape index (κ2) is 11.9. The minimum absolute atomic E-state index is 0.725. The highest BCUT2D eigenvalue weighted by molar-refractivity contribution is 6.13. The molecule has 0 atom stereocenters. The number of rotatable bonds is 5. The van der Waals surface area contributed by atoms with Gasteiger partial charge in [0.15, 0.2) is 5.82 Å². The number of benzene rings is 6. The quantitative estimate of drug-likeness (QED) is 0.181. The zero-order valence-corrected chi connectivity index (χ0v) is 26.3. The third kappa shape index (κ3) is 5.16. The summed E-state index contributed by atoms with van der Waals surface area (Å²) in [5.41, 5.74) is 9.80. The standard InChI is InChI=1S/C45H31N3/c1-2-11-31-24-34(22-21-30(31)10-1)32-13-7-15-36(25-32)43-28-44(37-16-8-14-33(26-37)38-17-9-23-46-29-38)48-45(47-43)42-27-35-12-3-4-18-39(35)40-19-5-6-20-41(40)42/h1-7,9-13,15-29H,8,14H2. The molecule has 3 nitrogen and oxygen atoms in total. The molecule has 8 aromatic rings. The van der Waals surface area contributed by atoms with Crippen LogP contribution in [0.15, 0.2) is 164 Å². The maximum absolute atomic E-state index is 5.32. The Kier molecular flexibility index (Phi) is 6.94. The van der Waals surface area contributed by atoms with Crippen LogP contribution in [-0.4, -0.2) is 15.0 Å². The Balaban J connectivity index is 1.24. The molecule has 0 radical (unpaired) electrons. The number of hydrogen-bond donors (Lipinski definition) is 0. The molecule has 0 spiro atoms. The molecule has 1 aliphatic carbocycles. The predicted molar refractivity (Wildman–Crippen MR) is 200 cm³/mol. The van der Waals surface area contributed by atoms with E-state index in [1.165, 1.54) is 38.1 Å². The van der Waals surface area contributed by atoms with Crippen molar-refractivity contribution in [1.29, 1.82) is 0 Å². The lowest BCUT2D eigenvalue weighted by Gasteiger charge is -2.16. The Labute approximate surface area is 279 Å². The molecule has 48 heavy (non-hydrogen) atoms. The van der Waals surface area contributed by atoms with Crippen molar-refractivity contribution in [3.8, 4) is 33.8 Å². The molecule has 0 bridgehead atoms. The summed E-state index contributed by atoms with van der Waals surface area (Å²) < 4.78 is 0. The first kappa shape index (κ1) is 28.1. The van der Waals surface area contributed by atoms with Gasteiger partial charge in [0.1, 0.15) is 0 Å². The third-order valence-electron chi connectivity index (χ3n) is 9.41. The minimum atomic E-state index is 0.725. The molecule has 0 saturated carbocycles. The van der Waals surface area contributed by atoms with Crippen molar-refractivity contribution in [2.75, 3.05) is 0 Å². The summed E-state index contributed by atoms with van der Waals surface area (Å²) in [6, 6.07) is 49.6. The van der Waals surface area contributed by atoms with Crippen LogP contribution in [0.3, 0.4) is 0 Å². The summed E-state index contributed by atoms with van der Waals surface area (Å²) in [5.74, 6) is 0.725. The summed E-state index contributed by atoms with van der Waals surface area (Å²) in [4.78, 5) is 15.0. The van der Waals surface area contributed by atoms with Crippen molar-refractivity contribution in [3.05, 3.63) is 175 Å². The van der Waals surface area contributed by atoms with Crippen LogP contribution in [-0.2, 0) is 0 Å². The Morgan fingerprint density at radius 1 is 0.479 bits per heavy atom. The second-order valence-corrected chi connectivity index (χ2v) is 12.4. The topological polar surface area (TPSA) is 38.7 Å². The van der Waals surface area contributed by atoms with Crippen molar-refractivity contribution in [3.63, 3.8) is 0 Å². The molecular formula is C45H31N3. The molecular weight excluding hydrogens is 583 g/mol. The maximum atomic E-state index is 5.32. The van der Waals surface area contributed by atoms with Crippen LogP contribution < -0.4 is 0 Å². The number of fused-ring (bicyclic) bond motifs is 4. The van der Waals surface area contributed by atoms with Gasteiger partial charge in [-0.25, -0.2) is 9.97 Å². The van der Waals surface area contributed by atoms with E-state index in [1.54, 1.807) is 0 Å². The third-order valence-corrected chi connectivity index (χ3v) is 9.41. The van der Waals surface area contributed by atoms with Crippen molar-refractivity contribution in [2.45, 2.75) is 12.8 Å². The van der Waals surface area contributed by atoms with E-state index < -0.39 is 0 Å². The Bertz CT molecular complexity index is 2560. The van der Waals surface area contributed by atoms with Gasteiger partial charge in [-0.1, -0.05) is 115 Å². The largest absolute Gasteiger partial charge is 0.264 e. The fourth-order valence-electron chi connectivity index (χ4n) is 6.99. The van der Waals surface area contributed by atoms with E-state index in [0.717, 1.165) is 63.3 Å². The molecule has 0 unspecified atom stereocenters. The summed E-state index contributed by atoms with van der Waals surface area (Å²) in [5, 5.41) is 7.23. The molecule has 3 heteroatoms. The van der Waals surface area contributed by atoms with Crippen LogP contribution in [0.4, 0.5) is 0 Å². The van der Waals surface area contributed by atoms with Gasteiger partial charge in [-0.3, -0.25) is 4.98 Å². The van der Waals surface area contributed by atoms with Crippen molar-refractivity contribution in [1.82, 2.24) is 15.0 Å². The van der Waals surface area contributed by atoms with Crippen LogP contribution in [0.5, 0.6) is 0 Å². The summed E-state index contributed by atoms with van der Waals surface area (Å²) in [6.45, 7) is 0. The number of aromatic nitrogens is 3. The number of allylic oxidation sites excluding steroid dienone is 4. The van der Waals surface area contributed by atoms with Crippen molar-refractivity contribution >= 4 is 43.5 Å². The first-order valence-electron chi connectivity index (χ1n) is 16.5. The van der Waals surface area contributed by atoms with Gasteiger partial charge < -0.3 is 0 Å². The predicted octanol–water partition coefficient (Wildman–Crippen LogP) is 11.6. The fourth-order valence-corrected chi connectivity index (χ4v) is 6.99. The molecule has 226 valence electrons. The monoisotopic (exact) mass is 613 g/mol. The van der Waals surface area contributed by atoms with Crippen LogP contribution in [0, 0.1) is 0 Å². The van der Waals surface area contributed by atoms with Gasteiger partial charge in [-0.15, -0.1) is 0 Å². The zero-order chi connectivity index (χ0) is 31.9. The highest BCUT2D eigenvalue weighted by atomic mass is 14.9. The van der Waals surface area contributed by atoms with Crippen molar-refractivity contribution < 1.29 is 0 Å². The van der Waals surface area contributed by atoms with Crippen LogP contribution >= 0.6 is 0 Å². The second-order valence-electron chi connectivity index (χ2n) is 12.4. The number of hydrogen-bond acceptors (Lipinski definition) is 3. The Morgan fingerprint density at radius 3 is 2.08 bits per heavy atom. The van der Waals surface area contributed by atoms with E-state index in [-0.39, 0.29) is 0 Å². The minimum Gasteiger partial charge on any atom is -0.264 e. The van der Waals surface area contributed by atoms with Crippen molar-refractivity contribution in [2.24, 2.45) is 0 Å². The lowest BCUT2D eigenvalue weighted by atomic mass is 9.92. The molecule has 0 N–H and O–H groups in total. The lowest BCUT2D eigenvalue weighted by Crippen LogP contribution is -2.01. The lowest BCUT2D eigenvalue weighted by molar-refractivity contribution is 1.05. The van der Waals surface area contributed by atoms with Gasteiger partial charge in [0.2, 0.25) is 0 Å². The van der Waals surface area contributed by atoms with Gasteiger partial charge in [0.25, 0.3) is 0 Å². The Morgan fingerprint density at radius 2 is 1.21 bits per heavy atom. The molecule has 0 amide bonds. The molecule has 2 aromatic heterocycles. The smallest absolute Gasteiger partial charge is 0.161 e. The van der Waals surface area contributed by atoms with Crippen LogP contribution in [0.25, 0.3) is 77.2 Å². The first-order valence-corrected chi connectivity index (χ1v) is 16.5. The van der Waals surface area contributed by atoms with Gasteiger partial charge >= 0.3 is 0 Å². The SMILES string of the molecule is C1=C(c2cccnc2)CCC=C1c1cc(-c2cccc(-c3ccc4ccccc4c3)c2)nc(-c2cc3ccccc3c3ccccc23)n1. The summed E-state index contributed by atoms with van der Waals surface area (Å²) in [6.07, 6.45) is 10.3. The van der Waals surface area contributed by atoms with Gasteiger partial charge in [0.05, 0.1) is 11.4 Å². The van der Waals surface area contributed by atoms with E-state index >= 15 is 0 Å². The van der Waals surface area contributed by atoms with Gasteiger partial charge in [0, 0.05) is 23.5 Å². The van der Waals surface area contributed by atoms with Crippen LogP contribution in [0.1, 0.15) is 24.1 Å². The molecule has 9 rings (SSSR count). The van der Waals surface area contributed by atoms with E-state index in [2.05, 4.69) is 151 Å². The zero-order valence-electron chi connectivity index (χ0n) is 26.3. The van der Waals surface area contributed by atoms with E-state index in [1.807, 2.05) is 18.5 Å².